The van der Waals surface area contributed by atoms with E-state index in [0.29, 0.717) is 18.8 Å². The molecule has 1 aliphatic heterocycles. The number of para-hydroxylation sites is 1. The molecule has 0 N–H and O–H groups in total. The van der Waals surface area contributed by atoms with Crippen molar-refractivity contribution in [1.82, 2.24) is 0 Å². The van der Waals surface area contributed by atoms with Gasteiger partial charge in [0.05, 0.1) is 24.9 Å². The molecule has 1 aromatic carbocycles. The monoisotopic (exact) mass is 382 g/mol. The fourth-order valence-corrected chi connectivity index (χ4v) is 2.85. The Morgan fingerprint density at radius 3 is 2.30 bits per heavy atom. The van der Waals surface area contributed by atoms with Gasteiger partial charge in [-0.05, 0) is 52.2 Å². The first-order valence-corrected chi connectivity index (χ1v) is 9.29. The highest BCUT2D eigenvalue weighted by atomic mass is 19.1. The van der Waals surface area contributed by atoms with Gasteiger partial charge in [-0.1, -0.05) is 19.1 Å². The Morgan fingerprint density at radius 2 is 1.74 bits per heavy atom. The van der Waals surface area contributed by atoms with Crippen LogP contribution in [0.25, 0.3) is 5.57 Å². The third kappa shape index (κ3) is 4.70. The van der Waals surface area contributed by atoms with Crippen molar-refractivity contribution in [3.05, 3.63) is 35.3 Å². The van der Waals surface area contributed by atoms with Crippen molar-refractivity contribution >= 4 is 12.7 Å². The molecule has 0 saturated carbocycles. The molecule has 0 spiro atoms. The second-order valence-electron chi connectivity index (χ2n) is 7.60. The van der Waals surface area contributed by atoms with Crippen LogP contribution in [-0.2, 0) is 14.0 Å². The number of methoxy groups -OCH3 is 1. The van der Waals surface area contributed by atoms with E-state index in [2.05, 4.69) is 0 Å². The number of rotatable bonds is 8. The van der Waals surface area contributed by atoms with Crippen LogP contribution in [0.3, 0.4) is 0 Å². The van der Waals surface area contributed by atoms with Crippen LogP contribution in [0.4, 0.5) is 8.78 Å². The second kappa shape index (κ2) is 8.71. The fraction of sp³-hybridized carbons (Fsp3) is 0.600. The largest absolute Gasteiger partial charge is 0.525 e. The van der Waals surface area contributed by atoms with E-state index in [1.807, 2.05) is 34.6 Å². The standard InChI is InChI=1S/C20H29BF2O4/c1-7-12-25-13-11-15(14-9-8-10-16(22)17(14)24-6)18(23)21-26-19(2,3)20(4,5)27-21/h8-10H,7,11-13H2,1-6H3. The van der Waals surface area contributed by atoms with Crippen molar-refractivity contribution in [3.8, 4) is 5.75 Å². The minimum absolute atomic E-state index is 0.00495. The summed E-state index contributed by atoms with van der Waals surface area (Å²) in [7, 11) is 0.198. The maximum atomic E-state index is 15.5. The molecular formula is C20H29BF2O4. The molecule has 150 valence electrons. The Bertz CT molecular complexity index is 673. The van der Waals surface area contributed by atoms with Crippen LogP contribution in [0, 0.1) is 5.82 Å². The predicted octanol–water partition coefficient (Wildman–Crippen LogP) is 4.96. The van der Waals surface area contributed by atoms with E-state index in [9.17, 15) is 4.39 Å². The number of hydrogen-bond acceptors (Lipinski definition) is 4. The van der Waals surface area contributed by atoms with Gasteiger partial charge in [0.2, 0.25) is 0 Å². The molecule has 0 aliphatic carbocycles. The highest BCUT2D eigenvalue weighted by molar-refractivity contribution is 6.55. The lowest BCUT2D eigenvalue weighted by atomic mass is 9.81. The van der Waals surface area contributed by atoms with Crippen molar-refractivity contribution in [2.45, 2.75) is 58.7 Å². The lowest BCUT2D eigenvalue weighted by Gasteiger charge is -2.32. The van der Waals surface area contributed by atoms with E-state index in [4.69, 9.17) is 18.8 Å². The zero-order chi connectivity index (χ0) is 20.2. The van der Waals surface area contributed by atoms with E-state index in [1.54, 1.807) is 6.07 Å². The third-order valence-electron chi connectivity index (χ3n) is 5.09. The van der Waals surface area contributed by atoms with Crippen molar-refractivity contribution in [2.75, 3.05) is 20.3 Å². The number of ether oxygens (including phenoxy) is 2. The topological polar surface area (TPSA) is 36.9 Å². The van der Waals surface area contributed by atoms with Gasteiger partial charge in [-0.3, -0.25) is 0 Å². The first-order valence-electron chi connectivity index (χ1n) is 9.29. The van der Waals surface area contributed by atoms with Gasteiger partial charge < -0.3 is 18.8 Å². The average molecular weight is 382 g/mol. The van der Waals surface area contributed by atoms with E-state index in [-0.39, 0.29) is 17.7 Å². The molecule has 0 atom stereocenters. The highest BCUT2D eigenvalue weighted by Crippen LogP contribution is 2.42. The van der Waals surface area contributed by atoms with E-state index in [1.165, 1.54) is 19.2 Å². The zero-order valence-corrected chi connectivity index (χ0v) is 17.0. The summed E-state index contributed by atoms with van der Waals surface area (Å²) in [6, 6.07) is 4.43. The molecule has 2 rings (SSSR count). The summed E-state index contributed by atoms with van der Waals surface area (Å²) in [4.78, 5) is 0. The summed E-state index contributed by atoms with van der Waals surface area (Å²) in [6.07, 6.45) is 1.11. The molecule has 7 heteroatoms. The molecule has 1 heterocycles. The van der Waals surface area contributed by atoms with Crippen LogP contribution in [0.1, 0.15) is 53.0 Å². The molecule has 0 radical (unpaired) electrons. The lowest BCUT2D eigenvalue weighted by Crippen LogP contribution is -2.41. The summed E-state index contributed by atoms with van der Waals surface area (Å²) in [5, 5.41) is 0. The Kier molecular flexibility index (Phi) is 7.06. The van der Waals surface area contributed by atoms with Gasteiger partial charge in [0.15, 0.2) is 11.6 Å². The Hall–Kier alpha value is -1.44. The van der Waals surface area contributed by atoms with Crippen LogP contribution in [0.5, 0.6) is 5.75 Å². The number of hydrogen-bond donors (Lipinski definition) is 0. The molecule has 27 heavy (non-hydrogen) atoms. The number of benzene rings is 1. The van der Waals surface area contributed by atoms with Crippen LogP contribution < -0.4 is 4.74 Å². The van der Waals surface area contributed by atoms with E-state index in [0.717, 1.165) is 6.42 Å². The van der Waals surface area contributed by atoms with Crippen molar-refractivity contribution in [2.24, 2.45) is 0 Å². The summed E-state index contributed by atoms with van der Waals surface area (Å²) in [5.74, 6) is -0.557. The fourth-order valence-electron chi connectivity index (χ4n) is 2.85. The lowest BCUT2D eigenvalue weighted by molar-refractivity contribution is 0.00578. The highest BCUT2D eigenvalue weighted by Gasteiger charge is 2.53. The van der Waals surface area contributed by atoms with Crippen LogP contribution in [-0.4, -0.2) is 38.6 Å². The van der Waals surface area contributed by atoms with Gasteiger partial charge >= 0.3 is 7.12 Å². The third-order valence-corrected chi connectivity index (χ3v) is 5.09. The first kappa shape index (κ1) is 21.9. The Morgan fingerprint density at radius 1 is 1.11 bits per heavy atom. The number of halogens is 2. The second-order valence-corrected chi connectivity index (χ2v) is 7.60. The molecule has 4 nitrogen and oxygen atoms in total. The quantitative estimate of drug-likeness (QED) is 0.470. The molecular weight excluding hydrogens is 353 g/mol. The Labute approximate surface area is 161 Å². The molecule has 1 aliphatic rings. The predicted molar refractivity (Wildman–Crippen MR) is 103 cm³/mol. The molecule has 0 amide bonds. The Balaban J connectivity index is 2.43. The van der Waals surface area contributed by atoms with Gasteiger partial charge in [0.1, 0.15) is 5.73 Å². The minimum Gasteiger partial charge on any atom is -0.493 e. The molecule has 0 bridgehead atoms. The maximum Gasteiger partial charge on any atom is 0.525 e. The molecule has 1 aromatic rings. The summed E-state index contributed by atoms with van der Waals surface area (Å²) < 4.78 is 52.0. The van der Waals surface area contributed by atoms with E-state index < -0.39 is 29.9 Å². The average Bonchev–Trinajstić information content (AvgIpc) is 2.82. The molecule has 1 fully saturated rings. The summed E-state index contributed by atoms with van der Waals surface area (Å²) in [6.45, 7) is 10.3. The van der Waals surface area contributed by atoms with Gasteiger partial charge in [0, 0.05) is 12.2 Å². The van der Waals surface area contributed by atoms with Crippen LogP contribution in [0.15, 0.2) is 23.9 Å². The molecule has 0 aromatic heterocycles. The SMILES string of the molecule is CCCOCCC(=C(F)B1OC(C)(C)C(C)(C)O1)c1cccc(F)c1OC. The van der Waals surface area contributed by atoms with Crippen molar-refractivity contribution in [3.63, 3.8) is 0 Å². The molecule has 0 unspecified atom stereocenters. The smallest absolute Gasteiger partial charge is 0.493 e. The molecule has 1 saturated heterocycles. The van der Waals surface area contributed by atoms with Crippen molar-refractivity contribution < 1.29 is 27.6 Å². The van der Waals surface area contributed by atoms with Crippen LogP contribution >= 0.6 is 0 Å². The van der Waals surface area contributed by atoms with Gasteiger partial charge in [0.25, 0.3) is 0 Å². The normalized spacial score (nSPS) is 19.2. The van der Waals surface area contributed by atoms with Gasteiger partial charge in [-0.2, -0.15) is 0 Å². The van der Waals surface area contributed by atoms with E-state index >= 15 is 4.39 Å². The van der Waals surface area contributed by atoms with Crippen LogP contribution in [0.2, 0.25) is 0 Å². The minimum atomic E-state index is -1.16. The van der Waals surface area contributed by atoms with Crippen molar-refractivity contribution in [1.29, 1.82) is 0 Å². The summed E-state index contributed by atoms with van der Waals surface area (Å²) in [5.41, 5.74) is -1.33. The van der Waals surface area contributed by atoms with Gasteiger partial charge in [-0.15, -0.1) is 0 Å². The first-order chi connectivity index (χ1) is 12.6. The van der Waals surface area contributed by atoms with Gasteiger partial charge in [-0.25, -0.2) is 8.78 Å². The maximum absolute atomic E-state index is 15.5. The summed E-state index contributed by atoms with van der Waals surface area (Å²) >= 11 is 0. The zero-order valence-electron chi connectivity index (χ0n) is 17.0.